The van der Waals surface area contributed by atoms with Crippen LogP contribution in [-0.2, 0) is 4.79 Å². The molecule has 4 heteroatoms. The fourth-order valence-corrected chi connectivity index (χ4v) is 2.44. The molecule has 0 bridgehead atoms. The van der Waals surface area contributed by atoms with E-state index >= 15 is 0 Å². The minimum absolute atomic E-state index is 0.0252. The van der Waals surface area contributed by atoms with Gasteiger partial charge in [-0.2, -0.15) is 0 Å². The molecular weight excluding hydrogens is 282 g/mol. The molecule has 0 radical (unpaired) electrons. The highest BCUT2D eigenvalue weighted by Crippen LogP contribution is 2.17. The summed E-state index contributed by atoms with van der Waals surface area (Å²) >= 11 is 1.54. The SMILES string of the molecule is Cc1ccc(SCC(=O)NCCOc2ccccc2)cc1. The number of hydrogen-bond acceptors (Lipinski definition) is 3. The predicted octanol–water partition coefficient (Wildman–Crippen LogP) is 3.28. The van der Waals surface area contributed by atoms with E-state index in [0.29, 0.717) is 18.9 Å². The van der Waals surface area contributed by atoms with E-state index in [-0.39, 0.29) is 5.91 Å². The summed E-state index contributed by atoms with van der Waals surface area (Å²) in [6, 6.07) is 17.7. The summed E-state index contributed by atoms with van der Waals surface area (Å²) in [6.45, 7) is 3.04. The number of aryl methyl sites for hydroxylation is 1. The Kier molecular flexibility index (Phi) is 6.16. The number of carbonyl (C=O) groups is 1. The Morgan fingerprint density at radius 1 is 1.10 bits per heavy atom. The van der Waals surface area contributed by atoms with Gasteiger partial charge < -0.3 is 10.1 Å². The van der Waals surface area contributed by atoms with Crippen LogP contribution in [0.3, 0.4) is 0 Å². The monoisotopic (exact) mass is 301 g/mol. The highest BCUT2D eigenvalue weighted by Gasteiger charge is 2.02. The van der Waals surface area contributed by atoms with Crippen molar-refractivity contribution >= 4 is 17.7 Å². The molecule has 3 nitrogen and oxygen atoms in total. The Balaban J connectivity index is 1.60. The number of amides is 1. The van der Waals surface area contributed by atoms with Crippen molar-refractivity contribution in [1.29, 1.82) is 0 Å². The van der Waals surface area contributed by atoms with Crippen molar-refractivity contribution < 1.29 is 9.53 Å². The maximum absolute atomic E-state index is 11.7. The van der Waals surface area contributed by atoms with Crippen molar-refractivity contribution in [2.75, 3.05) is 18.9 Å². The Hall–Kier alpha value is -1.94. The van der Waals surface area contributed by atoms with Crippen LogP contribution < -0.4 is 10.1 Å². The average Bonchev–Trinajstić information content (AvgIpc) is 2.52. The topological polar surface area (TPSA) is 38.3 Å². The molecule has 110 valence electrons. The fraction of sp³-hybridized carbons (Fsp3) is 0.235. The normalized spacial score (nSPS) is 10.1. The summed E-state index contributed by atoms with van der Waals surface area (Å²) in [5, 5.41) is 2.85. The van der Waals surface area contributed by atoms with Crippen molar-refractivity contribution in [3.8, 4) is 5.75 Å². The van der Waals surface area contributed by atoms with Crippen LogP contribution in [0.5, 0.6) is 5.75 Å². The third-order valence-electron chi connectivity index (χ3n) is 2.83. The van der Waals surface area contributed by atoms with Gasteiger partial charge in [-0.25, -0.2) is 0 Å². The largest absolute Gasteiger partial charge is 0.492 e. The van der Waals surface area contributed by atoms with E-state index in [4.69, 9.17) is 4.74 Å². The number of hydrogen-bond donors (Lipinski definition) is 1. The number of rotatable bonds is 7. The van der Waals surface area contributed by atoms with Crippen LogP contribution >= 0.6 is 11.8 Å². The van der Waals surface area contributed by atoms with Gasteiger partial charge in [0.15, 0.2) is 0 Å². The van der Waals surface area contributed by atoms with Crippen LogP contribution in [-0.4, -0.2) is 24.8 Å². The molecule has 1 amide bonds. The molecule has 0 spiro atoms. The second-order valence-electron chi connectivity index (χ2n) is 4.61. The fourth-order valence-electron chi connectivity index (χ4n) is 1.71. The van der Waals surface area contributed by atoms with Crippen LogP contribution in [0.25, 0.3) is 0 Å². The van der Waals surface area contributed by atoms with Gasteiger partial charge in [-0.1, -0.05) is 35.9 Å². The lowest BCUT2D eigenvalue weighted by atomic mass is 10.2. The zero-order valence-corrected chi connectivity index (χ0v) is 12.9. The molecule has 0 saturated carbocycles. The minimum Gasteiger partial charge on any atom is -0.492 e. The first-order valence-electron chi connectivity index (χ1n) is 6.88. The number of ether oxygens (including phenoxy) is 1. The summed E-state index contributed by atoms with van der Waals surface area (Å²) in [6.07, 6.45) is 0. The first-order valence-corrected chi connectivity index (χ1v) is 7.86. The molecule has 1 N–H and O–H groups in total. The number of carbonyl (C=O) groups excluding carboxylic acids is 1. The third-order valence-corrected chi connectivity index (χ3v) is 3.84. The maximum atomic E-state index is 11.7. The van der Waals surface area contributed by atoms with Crippen molar-refractivity contribution in [3.05, 3.63) is 60.2 Å². The molecule has 2 aromatic carbocycles. The van der Waals surface area contributed by atoms with E-state index in [0.717, 1.165) is 10.6 Å². The number of nitrogens with one attached hydrogen (secondary N) is 1. The lowest BCUT2D eigenvalue weighted by molar-refractivity contribution is -0.118. The standard InChI is InChI=1S/C17H19NO2S/c1-14-7-9-16(10-8-14)21-13-17(19)18-11-12-20-15-5-3-2-4-6-15/h2-10H,11-13H2,1H3,(H,18,19). The van der Waals surface area contributed by atoms with Gasteiger partial charge in [0.25, 0.3) is 0 Å². The van der Waals surface area contributed by atoms with E-state index in [1.54, 1.807) is 0 Å². The van der Waals surface area contributed by atoms with E-state index in [2.05, 4.69) is 5.32 Å². The third kappa shape index (κ3) is 5.92. The summed E-state index contributed by atoms with van der Waals surface area (Å²) in [7, 11) is 0. The van der Waals surface area contributed by atoms with Gasteiger partial charge in [0.05, 0.1) is 12.3 Å². The molecule has 0 atom stereocenters. The van der Waals surface area contributed by atoms with Gasteiger partial charge in [0, 0.05) is 4.90 Å². The van der Waals surface area contributed by atoms with Crippen LogP contribution in [0.1, 0.15) is 5.56 Å². The van der Waals surface area contributed by atoms with Gasteiger partial charge >= 0.3 is 0 Å². The first-order chi connectivity index (χ1) is 10.2. The smallest absolute Gasteiger partial charge is 0.230 e. The maximum Gasteiger partial charge on any atom is 0.230 e. The molecule has 0 saturated heterocycles. The second-order valence-corrected chi connectivity index (χ2v) is 5.66. The lowest BCUT2D eigenvalue weighted by Gasteiger charge is -2.07. The second kappa shape index (κ2) is 8.37. The van der Waals surface area contributed by atoms with Crippen LogP contribution in [0, 0.1) is 6.92 Å². The molecule has 0 heterocycles. The summed E-state index contributed by atoms with van der Waals surface area (Å²) < 4.78 is 5.51. The molecule has 21 heavy (non-hydrogen) atoms. The molecular formula is C17H19NO2S. The van der Waals surface area contributed by atoms with E-state index < -0.39 is 0 Å². The first kappa shape index (κ1) is 15.4. The molecule has 0 unspecified atom stereocenters. The van der Waals surface area contributed by atoms with Crippen molar-refractivity contribution in [2.45, 2.75) is 11.8 Å². The number of benzene rings is 2. The number of thioether (sulfide) groups is 1. The summed E-state index contributed by atoms with van der Waals surface area (Å²) in [4.78, 5) is 12.8. The summed E-state index contributed by atoms with van der Waals surface area (Å²) in [5.41, 5.74) is 1.22. The average molecular weight is 301 g/mol. The van der Waals surface area contributed by atoms with Gasteiger partial charge in [-0.3, -0.25) is 4.79 Å². The van der Waals surface area contributed by atoms with Crippen LogP contribution in [0.4, 0.5) is 0 Å². The minimum atomic E-state index is 0.0252. The molecule has 0 aliphatic heterocycles. The van der Waals surface area contributed by atoms with Gasteiger partial charge in [0.1, 0.15) is 12.4 Å². The van der Waals surface area contributed by atoms with Crippen LogP contribution in [0.15, 0.2) is 59.5 Å². The molecule has 0 fully saturated rings. The van der Waals surface area contributed by atoms with Crippen molar-refractivity contribution in [3.63, 3.8) is 0 Å². The van der Waals surface area contributed by atoms with E-state index in [1.165, 1.54) is 17.3 Å². The molecule has 2 aromatic rings. The Labute approximate surface area is 129 Å². The van der Waals surface area contributed by atoms with Crippen molar-refractivity contribution in [1.82, 2.24) is 5.32 Å². The Morgan fingerprint density at radius 3 is 2.52 bits per heavy atom. The zero-order valence-electron chi connectivity index (χ0n) is 12.0. The van der Waals surface area contributed by atoms with Crippen LogP contribution in [0.2, 0.25) is 0 Å². The molecule has 0 aliphatic rings. The highest BCUT2D eigenvalue weighted by atomic mass is 32.2. The lowest BCUT2D eigenvalue weighted by Crippen LogP contribution is -2.29. The molecule has 0 aliphatic carbocycles. The highest BCUT2D eigenvalue weighted by molar-refractivity contribution is 8.00. The zero-order chi connectivity index (χ0) is 14.9. The van der Waals surface area contributed by atoms with Gasteiger partial charge in [-0.05, 0) is 31.2 Å². The Morgan fingerprint density at radius 2 is 1.81 bits per heavy atom. The molecule has 0 aromatic heterocycles. The van der Waals surface area contributed by atoms with Gasteiger partial charge in [0.2, 0.25) is 5.91 Å². The number of para-hydroxylation sites is 1. The summed E-state index contributed by atoms with van der Waals surface area (Å²) in [5.74, 6) is 1.27. The van der Waals surface area contributed by atoms with Crippen molar-refractivity contribution in [2.24, 2.45) is 0 Å². The Bertz CT molecular complexity index is 555. The van der Waals surface area contributed by atoms with E-state index in [9.17, 15) is 4.79 Å². The molecule has 2 rings (SSSR count). The quantitative estimate of drug-likeness (QED) is 0.630. The van der Waals surface area contributed by atoms with E-state index in [1.807, 2.05) is 61.5 Å². The van der Waals surface area contributed by atoms with Gasteiger partial charge in [-0.15, -0.1) is 11.8 Å². The predicted molar refractivity (Wildman–Crippen MR) is 86.8 cm³/mol.